The summed E-state index contributed by atoms with van der Waals surface area (Å²) in [5.41, 5.74) is 5.25. The van der Waals surface area contributed by atoms with Gasteiger partial charge in [0.05, 0.1) is 6.54 Å². The van der Waals surface area contributed by atoms with E-state index in [1.807, 2.05) is 29.8 Å². The number of benzene rings is 2. The Labute approximate surface area is 226 Å². The highest BCUT2D eigenvalue weighted by atomic mass is 79.9. The second-order valence-corrected chi connectivity index (χ2v) is 10.7. The molecule has 0 spiro atoms. The molecule has 0 unspecified atom stereocenters. The highest BCUT2D eigenvalue weighted by Gasteiger charge is 2.17. The molecule has 190 valence electrons. The van der Waals surface area contributed by atoms with E-state index in [9.17, 15) is 4.79 Å². The molecular formula is C28H32BrClN4O2. The van der Waals surface area contributed by atoms with E-state index in [0.29, 0.717) is 18.2 Å². The summed E-state index contributed by atoms with van der Waals surface area (Å²) in [5, 5.41) is 8.65. The third kappa shape index (κ3) is 5.85. The number of amides is 1. The number of anilines is 1. The van der Waals surface area contributed by atoms with Gasteiger partial charge < -0.3 is 9.73 Å². The zero-order valence-electron chi connectivity index (χ0n) is 20.9. The lowest BCUT2D eigenvalue weighted by molar-refractivity contribution is 0.102. The minimum absolute atomic E-state index is 0. The molecule has 1 saturated heterocycles. The Balaban J connectivity index is 0.00000304. The third-order valence-corrected chi connectivity index (χ3v) is 7.05. The highest BCUT2D eigenvalue weighted by Crippen LogP contribution is 2.31. The van der Waals surface area contributed by atoms with Gasteiger partial charge in [0.1, 0.15) is 11.3 Å². The minimum Gasteiger partial charge on any atom is -0.460 e. The molecule has 0 saturated carbocycles. The summed E-state index contributed by atoms with van der Waals surface area (Å²) in [6.07, 6.45) is 2.57. The van der Waals surface area contributed by atoms with E-state index in [-0.39, 0.29) is 18.3 Å². The number of nitrogens with one attached hydrogen (secondary N) is 1. The van der Waals surface area contributed by atoms with Crippen molar-refractivity contribution in [3.63, 3.8) is 0 Å². The molecule has 1 amide bonds. The number of rotatable bonds is 7. The second kappa shape index (κ2) is 11.2. The van der Waals surface area contributed by atoms with Crippen LogP contribution in [0.3, 0.4) is 0 Å². The van der Waals surface area contributed by atoms with Crippen LogP contribution < -0.4 is 5.32 Å². The molecule has 6 nitrogen and oxygen atoms in total. The lowest BCUT2D eigenvalue weighted by Crippen LogP contribution is -2.18. The molecule has 3 heterocycles. The number of halogens is 2. The van der Waals surface area contributed by atoms with E-state index in [4.69, 9.17) is 4.42 Å². The molecule has 8 heteroatoms. The van der Waals surface area contributed by atoms with Crippen molar-refractivity contribution in [2.75, 3.05) is 18.4 Å². The van der Waals surface area contributed by atoms with Crippen molar-refractivity contribution >= 4 is 50.9 Å². The number of hydrogen-bond acceptors (Lipinski definition) is 4. The second-order valence-electron chi connectivity index (χ2n) is 9.75. The van der Waals surface area contributed by atoms with Crippen LogP contribution in [-0.2, 0) is 13.1 Å². The van der Waals surface area contributed by atoms with Crippen molar-refractivity contribution in [3.05, 3.63) is 81.3 Å². The average molecular weight is 572 g/mol. The molecular weight excluding hydrogens is 540 g/mol. The molecule has 0 radical (unpaired) electrons. The van der Waals surface area contributed by atoms with Gasteiger partial charge in [0.15, 0.2) is 5.69 Å². The van der Waals surface area contributed by atoms with Gasteiger partial charge in [-0.05, 0) is 74.8 Å². The van der Waals surface area contributed by atoms with Crippen LogP contribution in [0.1, 0.15) is 65.7 Å². The fourth-order valence-electron chi connectivity index (χ4n) is 4.64. The van der Waals surface area contributed by atoms with Gasteiger partial charge in [-0.1, -0.05) is 41.9 Å². The quantitative estimate of drug-likeness (QED) is 0.256. The predicted molar refractivity (Wildman–Crippen MR) is 150 cm³/mol. The maximum absolute atomic E-state index is 12.9. The van der Waals surface area contributed by atoms with Gasteiger partial charge in [0, 0.05) is 39.3 Å². The first-order chi connectivity index (χ1) is 16.9. The largest absolute Gasteiger partial charge is 0.460 e. The lowest BCUT2D eigenvalue weighted by Gasteiger charge is -2.14. The van der Waals surface area contributed by atoms with Crippen LogP contribution >= 0.6 is 28.3 Å². The summed E-state index contributed by atoms with van der Waals surface area (Å²) in [5.74, 6) is 1.06. The van der Waals surface area contributed by atoms with Gasteiger partial charge in [0.25, 0.3) is 5.91 Å². The number of furan rings is 1. The highest BCUT2D eigenvalue weighted by molar-refractivity contribution is 9.10. The maximum atomic E-state index is 12.9. The normalized spacial score (nSPS) is 13.9. The summed E-state index contributed by atoms with van der Waals surface area (Å²) in [6, 6.07) is 16.2. The van der Waals surface area contributed by atoms with E-state index in [1.54, 1.807) is 0 Å². The molecule has 0 atom stereocenters. The molecule has 0 bridgehead atoms. The van der Waals surface area contributed by atoms with Gasteiger partial charge in [-0.15, -0.1) is 12.4 Å². The number of aromatic nitrogens is 2. The van der Waals surface area contributed by atoms with Crippen LogP contribution in [0.25, 0.3) is 11.0 Å². The zero-order chi connectivity index (χ0) is 24.5. The van der Waals surface area contributed by atoms with Gasteiger partial charge in [-0.25, -0.2) is 0 Å². The third-order valence-electron chi connectivity index (χ3n) is 6.60. The molecule has 36 heavy (non-hydrogen) atoms. The monoisotopic (exact) mass is 570 g/mol. The Morgan fingerprint density at radius 3 is 2.50 bits per heavy atom. The number of carbonyl (C=O) groups is 1. The van der Waals surface area contributed by atoms with Crippen molar-refractivity contribution < 1.29 is 9.21 Å². The minimum atomic E-state index is -0.210. The topological polar surface area (TPSA) is 63.3 Å². The molecule has 1 aliphatic rings. The fourth-order valence-corrected chi connectivity index (χ4v) is 5.16. The van der Waals surface area contributed by atoms with E-state index >= 15 is 0 Å². The molecule has 1 N–H and O–H groups in total. The summed E-state index contributed by atoms with van der Waals surface area (Å²) >= 11 is 3.62. The predicted octanol–water partition coefficient (Wildman–Crippen LogP) is 7.14. The number of fused-ring (bicyclic) bond motifs is 1. The number of aryl methyl sites for hydroxylation is 1. The van der Waals surface area contributed by atoms with Gasteiger partial charge in [-0.3, -0.25) is 14.4 Å². The van der Waals surface area contributed by atoms with E-state index in [1.165, 1.54) is 31.5 Å². The zero-order valence-corrected chi connectivity index (χ0v) is 23.3. The Morgan fingerprint density at radius 2 is 1.81 bits per heavy atom. The number of hydrogen-bond donors (Lipinski definition) is 1. The standard InChI is InChI=1S/C28H31BrN4O2.ClH/c1-18(2)26-15-21-13-23(29)14-22(27(21)35-26)17-33-19(3)12-25(31-33)28(34)30-24-8-6-20(7-9-24)16-32-10-4-5-11-32;/h6-9,12-15,18H,4-5,10-11,16-17H2,1-3H3,(H,30,34);1H. The van der Waals surface area contributed by atoms with Gasteiger partial charge in [-0.2, -0.15) is 5.10 Å². The van der Waals surface area contributed by atoms with E-state index in [2.05, 4.69) is 75.4 Å². The summed E-state index contributed by atoms with van der Waals surface area (Å²) in [6.45, 7) is 10.0. The molecule has 1 fully saturated rings. The van der Waals surface area contributed by atoms with Crippen LogP contribution in [0.5, 0.6) is 0 Å². The van der Waals surface area contributed by atoms with Gasteiger partial charge in [0.2, 0.25) is 0 Å². The average Bonchev–Trinajstić information content (AvgIpc) is 3.56. The summed E-state index contributed by atoms with van der Waals surface area (Å²) in [4.78, 5) is 15.4. The molecule has 4 aromatic rings. The van der Waals surface area contributed by atoms with Crippen LogP contribution in [0.15, 0.2) is 57.4 Å². The van der Waals surface area contributed by atoms with Crippen molar-refractivity contribution in [1.29, 1.82) is 0 Å². The summed E-state index contributed by atoms with van der Waals surface area (Å²) in [7, 11) is 0. The first-order valence-corrected chi connectivity index (χ1v) is 13.0. The Bertz CT molecular complexity index is 1350. The van der Waals surface area contributed by atoms with Gasteiger partial charge >= 0.3 is 0 Å². The van der Waals surface area contributed by atoms with Crippen LogP contribution in [0.2, 0.25) is 0 Å². The van der Waals surface area contributed by atoms with Crippen molar-refractivity contribution in [1.82, 2.24) is 14.7 Å². The Kier molecular flexibility index (Phi) is 8.23. The molecule has 1 aliphatic heterocycles. The van der Waals surface area contributed by atoms with Crippen molar-refractivity contribution in [2.24, 2.45) is 0 Å². The number of nitrogens with zero attached hydrogens (tertiary/aromatic N) is 3. The SMILES string of the molecule is Cc1cc(C(=O)Nc2ccc(CN3CCCC3)cc2)nn1Cc1cc(Br)cc2cc(C(C)C)oc12.Cl. The molecule has 2 aromatic carbocycles. The maximum Gasteiger partial charge on any atom is 0.276 e. The molecule has 5 rings (SSSR count). The summed E-state index contributed by atoms with van der Waals surface area (Å²) < 4.78 is 9.01. The van der Waals surface area contributed by atoms with Crippen LogP contribution in [0.4, 0.5) is 5.69 Å². The number of likely N-dealkylation sites (tertiary alicyclic amines) is 1. The molecule has 0 aliphatic carbocycles. The number of carbonyl (C=O) groups excluding carboxylic acids is 1. The smallest absolute Gasteiger partial charge is 0.276 e. The van der Waals surface area contributed by atoms with Crippen molar-refractivity contribution in [2.45, 2.75) is 52.6 Å². The lowest BCUT2D eigenvalue weighted by atomic mass is 10.1. The first-order valence-electron chi connectivity index (χ1n) is 12.2. The Morgan fingerprint density at radius 1 is 1.08 bits per heavy atom. The molecule has 2 aromatic heterocycles. The van der Waals surface area contributed by atoms with Crippen LogP contribution in [0, 0.1) is 6.92 Å². The Hall–Kier alpha value is -2.61. The van der Waals surface area contributed by atoms with E-state index in [0.717, 1.165) is 44.7 Å². The van der Waals surface area contributed by atoms with Crippen molar-refractivity contribution in [3.8, 4) is 0 Å². The fraction of sp³-hybridized carbons (Fsp3) is 0.357. The van der Waals surface area contributed by atoms with E-state index < -0.39 is 0 Å². The van der Waals surface area contributed by atoms with Crippen LogP contribution in [-0.4, -0.2) is 33.7 Å². The first kappa shape index (κ1) is 26.5.